The van der Waals surface area contributed by atoms with E-state index in [1.54, 1.807) is 0 Å². The van der Waals surface area contributed by atoms with E-state index in [-0.39, 0.29) is 29.2 Å². The van der Waals surface area contributed by atoms with Gasteiger partial charge in [-0.25, -0.2) is 9.78 Å². The van der Waals surface area contributed by atoms with Crippen LogP contribution < -0.4 is 10.9 Å². The minimum atomic E-state index is -0.338. The van der Waals surface area contributed by atoms with E-state index in [2.05, 4.69) is 15.3 Å². The summed E-state index contributed by atoms with van der Waals surface area (Å²) in [6, 6.07) is 0.147. The number of nitrogens with one attached hydrogen (secondary N) is 2. The average Bonchev–Trinajstić information content (AvgIpc) is 3.10. The second-order valence-corrected chi connectivity index (χ2v) is 6.01. The molecule has 1 aromatic rings. The lowest BCUT2D eigenvalue weighted by Crippen LogP contribution is -2.50. The predicted octanol–water partition coefficient (Wildman–Crippen LogP) is 0.180. The minimum Gasteiger partial charge on any atom is -0.348 e. The average molecular weight is 319 g/mol. The smallest absolute Gasteiger partial charge is 0.319 e. The largest absolute Gasteiger partial charge is 0.348 e. The maximum Gasteiger partial charge on any atom is 0.319 e. The van der Waals surface area contributed by atoms with Gasteiger partial charge in [0.05, 0.1) is 6.20 Å². The molecule has 0 radical (unpaired) electrons. The highest BCUT2D eigenvalue weighted by atomic mass is 16.2. The minimum absolute atomic E-state index is 0.0267. The van der Waals surface area contributed by atoms with Crippen molar-refractivity contribution in [3.63, 3.8) is 0 Å². The Kier molecular flexibility index (Phi) is 4.59. The van der Waals surface area contributed by atoms with Crippen LogP contribution in [0.1, 0.15) is 36.2 Å². The first-order valence-corrected chi connectivity index (χ1v) is 8.03. The molecule has 0 atom stereocenters. The summed E-state index contributed by atoms with van der Waals surface area (Å²) in [5, 5.41) is 2.91. The standard InChI is InChI=1S/C15H21N5O3/c21-13-10-16-12(9-17-13)14(22)18-11-3-7-20(8-4-11)15(23)19-5-1-2-6-19/h9-11H,1-8H2,(H,17,21)(H,18,22). The quantitative estimate of drug-likeness (QED) is 0.812. The molecule has 8 nitrogen and oxygen atoms in total. The van der Waals surface area contributed by atoms with Crippen molar-refractivity contribution in [2.45, 2.75) is 31.7 Å². The number of urea groups is 1. The summed E-state index contributed by atoms with van der Waals surface area (Å²) in [5.74, 6) is -0.300. The zero-order valence-electron chi connectivity index (χ0n) is 13.0. The number of carbonyl (C=O) groups excluding carboxylic acids is 2. The number of hydrogen-bond acceptors (Lipinski definition) is 4. The van der Waals surface area contributed by atoms with Crippen LogP contribution in [-0.2, 0) is 0 Å². The van der Waals surface area contributed by atoms with Gasteiger partial charge in [-0.15, -0.1) is 0 Å². The van der Waals surface area contributed by atoms with Crippen molar-refractivity contribution in [2.75, 3.05) is 26.2 Å². The molecule has 3 rings (SSSR count). The molecule has 0 spiro atoms. The molecule has 0 aliphatic carbocycles. The van der Waals surface area contributed by atoms with Gasteiger partial charge in [-0.05, 0) is 25.7 Å². The third-order valence-electron chi connectivity index (χ3n) is 4.38. The van der Waals surface area contributed by atoms with Gasteiger partial charge < -0.3 is 20.1 Å². The van der Waals surface area contributed by atoms with Crippen molar-refractivity contribution in [2.24, 2.45) is 0 Å². The molecule has 0 aromatic carbocycles. The van der Waals surface area contributed by atoms with Crippen LogP contribution in [0.25, 0.3) is 0 Å². The van der Waals surface area contributed by atoms with Gasteiger partial charge in [0.2, 0.25) is 0 Å². The molecule has 8 heteroatoms. The van der Waals surface area contributed by atoms with Gasteiger partial charge in [-0.1, -0.05) is 0 Å². The predicted molar refractivity (Wildman–Crippen MR) is 83.1 cm³/mol. The number of aromatic nitrogens is 2. The molecule has 2 N–H and O–H groups in total. The van der Waals surface area contributed by atoms with Crippen LogP contribution in [0, 0.1) is 0 Å². The molecule has 1 aromatic heterocycles. The van der Waals surface area contributed by atoms with Crippen LogP contribution in [0.3, 0.4) is 0 Å². The zero-order chi connectivity index (χ0) is 16.2. The van der Waals surface area contributed by atoms with Gasteiger partial charge >= 0.3 is 6.03 Å². The Morgan fingerprint density at radius 3 is 2.39 bits per heavy atom. The topological polar surface area (TPSA) is 98.4 Å². The van der Waals surface area contributed by atoms with Gasteiger partial charge in [-0.3, -0.25) is 9.59 Å². The van der Waals surface area contributed by atoms with E-state index in [4.69, 9.17) is 0 Å². The molecular weight excluding hydrogens is 298 g/mol. The van der Waals surface area contributed by atoms with E-state index in [9.17, 15) is 14.4 Å². The normalized spacial score (nSPS) is 19.0. The first-order chi connectivity index (χ1) is 11.1. The first kappa shape index (κ1) is 15.5. The fourth-order valence-corrected chi connectivity index (χ4v) is 3.05. The summed E-state index contributed by atoms with van der Waals surface area (Å²) in [5.41, 5.74) is -0.143. The lowest BCUT2D eigenvalue weighted by Gasteiger charge is -2.34. The van der Waals surface area contributed by atoms with Crippen LogP contribution >= 0.6 is 0 Å². The van der Waals surface area contributed by atoms with Crippen molar-refractivity contribution in [3.05, 3.63) is 28.4 Å². The Balaban J connectivity index is 1.49. The molecular formula is C15H21N5O3. The molecule has 2 saturated heterocycles. The first-order valence-electron chi connectivity index (χ1n) is 8.03. The van der Waals surface area contributed by atoms with Gasteiger partial charge in [0.25, 0.3) is 11.5 Å². The highest BCUT2D eigenvalue weighted by Crippen LogP contribution is 2.16. The number of nitrogens with zero attached hydrogens (tertiary/aromatic N) is 3. The van der Waals surface area contributed by atoms with Crippen LogP contribution in [0.15, 0.2) is 17.2 Å². The Labute approximate surface area is 133 Å². The number of amides is 3. The SMILES string of the molecule is O=C(NC1CCN(C(=O)N2CCCC2)CC1)c1c[nH]c(=O)cn1. The van der Waals surface area contributed by atoms with Crippen molar-refractivity contribution in [1.29, 1.82) is 0 Å². The molecule has 2 aliphatic rings. The van der Waals surface area contributed by atoms with E-state index in [1.807, 2.05) is 9.80 Å². The third kappa shape index (κ3) is 3.69. The van der Waals surface area contributed by atoms with Crippen molar-refractivity contribution in [3.8, 4) is 0 Å². The highest BCUT2D eigenvalue weighted by molar-refractivity contribution is 5.92. The fraction of sp³-hybridized carbons (Fsp3) is 0.600. The zero-order valence-corrected chi connectivity index (χ0v) is 13.0. The molecule has 2 fully saturated rings. The number of rotatable bonds is 2. The highest BCUT2D eigenvalue weighted by Gasteiger charge is 2.28. The maximum absolute atomic E-state index is 12.3. The number of likely N-dealkylation sites (tertiary alicyclic amines) is 2. The Hall–Kier alpha value is -2.38. The number of H-pyrrole nitrogens is 1. The summed E-state index contributed by atoms with van der Waals surface area (Å²) >= 11 is 0. The monoisotopic (exact) mass is 319 g/mol. The van der Waals surface area contributed by atoms with Gasteiger partial charge in [-0.2, -0.15) is 0 Å². The number of aromatic amines is 1. The van der Waals surface area contributed by atoms with Gasteiger partial charge in [0, 0.05) is 38.4 Å². The third-order valence-corrected chi connectivity index (χ3v) is 4.38. The Bertz CT molecular complexity index is 610. The van der Waals surface area contributed by atoms with Crippen LogP contribution in [0.2, 0.25) is 0 Å². The lowest BCUT2D eigenvalue weighted by molar-refractivity contribution is 0.0907. The second-order valence-electron chi connectivity index (χ2n) is 6.01. The molecule has 3 heterocycles. The lowest BCUT2D eigenvalue weighted by atomic mass is 10.1. The summed E-state index contributed by atoms with van der Waals surface area (Å²) in [7, 11) is 0. The summed E-state index contributed by atoms with van der Waals surface area (Å²) in [6.07, 6.45) is 6.04. The number of piperidine rings is 1. The van der Waals surface area contributed by atoms with Crippen molar-refractivity contribution in [1.82, 2.24) is 25.1 Å². The molecule has 0 unspecified atom stereocenters. The molecule has 3 amide bonds. The maximum atomic E-state index is 12.3. The van der Waals surface area contributed by atoms with E-state index >= 15 is 0 Å². The van der Waals surface area contributed by atoms with Crippen LogP contribution in [0.5, 0.6) is 0 Å². The van der Waals surface area contributed by atoms with Crippen molar-refractivity contribution < 1.29 is 9.59 Å². The van der Waals surface area contributed by atoms with Gasteiger partial charge in [0.1, 0.15) is 5.69 Å². The molecule has 0 bridgehead atoms. The second kappa shape index (κ2) is 6.80. The fourth-order valence-electron chi connectivity index (χ4n) is 3.05. The number of carbonyl (C=O) groups is 2. The number of hydrogen-bond donors (Lipinski definition) is 2. The van der Waals surface area contributed by atoms with Crippen LogP contribution in [0.4, 0.5) is 4.79 Å². The molecule has 23 heavy (non-hydrogen) atoms. The summed E-state index contributed by atoms with van der Waals surface area (Å²) in [4.78, 5) is 45.3. The molecule has 2 aliphatic heterocycles. The van der Waals surface area contributed by atoms with Crippen LogP contribution in [-0.4, -0.2) is 63.9 Å². The van der Waals surface area contributed by atoms with E-state index < -0.39 is 0 Å². The summed E-state index contributed by atoms with van der Waals surface area (Å²) in [6.45, 7) is 3.01. The van der Waals surface area contributed by atoms with E-state index in [0.29, 0.717) is 13.1 Å². The molecule has 0 saturated carbocycles. The van der Waals surface area contributed by atoms with E-state index in [1.165, 1.54) is 6.20 Å². The molecule has 124 valence electrons. The van der Waals surface area contributed by atoms with Gasteiger partial charge in [0.15, 0.2) is 0 Å². The Morgan fingerprint density at radius 1 is 1.13 bits per heavy atom. The van der Waals surface area contributed by atoms with Crippen molar-refractivity contribution >= 4 is 11.9 Å². The van der Waals surface area contributed by atoms with E-state index in [0.717, 1.165) is 45.0 Å². The summed E-state index contributed by atoms with van der Waals surface area (Å²) < 4.78 is 0. The Morgan fingerprint density at radius 2 is 1.78 bits per heavy atom.